The Bertz CT molecular complexity index is 221. The molecule has 0 spiro atoms. The zero-order valence-corrected chi connectivity index (χ0v) is 9.99. The number of likely N-dealkylation sites (N-methyl/N-ethyl adjacent to an activating group) is 1. The summed E-state index contributed by atoms with van der Waals surface area (Å²) >= 11 is 0. The molecule has 15 heavy (non-hydrogen) atoms. The molecule has 0 unspecified atom stereocenters. The Morgan fingerprint density at radius 1 is 1.40 bits per heavy atom. The minimum absolute atomic E-state index is 0.635. The van der Waals surface area contributed by atoms with Crippen LogP contribution in [0.4, 0.5) is 0 Å². The predicted octanol–water partition coefficient (Wildman–Crippen LogP) is 0.877. The van der Waals surface area contributed by atoms with Gasteiger partial charge in [-0.15, -0.1) is 0 Å². The molecule has 0 saturated carbocycles. The van der Waals surface area contributed by atoms with E-state index >= 15 is 0 Å². The fourth-order valence-corrected chi connectivity index (χ4v) is 2.32. The lowest BCUT2D eigenvalue weighted by atomic mass is 9.86. The van der Waals surface area contributed by atoms with Gasteiger partial charge in [-0.3, -0.25) is 9.69 Å². The van der Waals surface area contributed by atoms with E-state index in [1.165, 1.54) is 0 Å². The number of likely N-dealkylation sites (tertiary alicyclic amines) is 1. The maximum Gasteiger partial charge on any atom is 0.324 e. The predicted molar refractivity (Wildman–Crippen MR) is 60.0 cm³/mol. The van der Waals surface area contributed by atoms with Gasteiger partial charge in [0.25, 0.3) is 0 Å². The van der Waals surface area contributed by atoms with Gasteiger partial charge < -0.3 is 10.0 Å². The summed E-state index contributed by atoms with van der Waals surface area (Å²) in [6, 6.07) is 0. The van der Waals surface area contributed by atoms with E-state index in [9.17, 15) is 9.90 Å². The standard InChI is InChI=1S/C11H22N2O2/c1-4-7-13-8-5-11(6-9-13,10(14)15)12(2)3/h4-9H2,1-3H3,(H,14,15). The molecule has 0 aliphatic carbocycles. The molecule has 0 bridgehead atoms. The van der Waals surface area contributed by atoms with E-state index in [4.69, 9.17) is 0 Å². The van der Waals surface area contributed by atoms with Crippen molar-refractivity contribution in [2.75, 3.05) is 33.7 Å². The maximum absolute atomic E-state index is 11.3. The van der Waals surface area contributed by atoms with E-state index < -0.39 is 11.5 Å². The molecule has 1 aliphatic heterocycles. The number of aliphatic carboxylic acids is 1. The molecule has 4 nitrogen and oxygen atoms in total. The lowest BCUT2D eigenvalue weighted by Gasteiger charge is -2.42. The Morgan fingerprint density at radius 3 is 2.27 bits per heavy atom. The molecule has 0 amide bonds. The number of hydrogen-bond donors (Lipinski definition) is 1. The first-order chi connectivity index (χ1) is 7.03. The van der Waals surface area contributed by atoms with Gasteiger partial charge in [0.1, 0.15) is 5.54 Å². The molecular weight excluding hydrogens is 192 g/mol. The fraction of sp³-hybridized carbons (Fsp3) is 0.909. The minimum atomic E-state index is -0.677. The van der Waals surface area contributed by atoms with Crippen LogP contribution in [0.5, 0.6) is 0 Å². The molecule has 1 fully saturated rings. The van der Waals surface area contributed by atoms with Gasteiger partial charge in [-0.05, 0) is 39.9 Å². The van der Waals surface area contributed by atoms with E-state index in [0.717, 1.165) is 38.9 Å². The van der Waals surface area contributed by atoms with Crippen LogP contribution in [0.25, 0.3) is 0 Å². The van der Waals surface area contributed by atoms with Crippen molar-refractivity contribution in [2.24, 2.45) is 0 Å². The average Bonchev–Trinajstić information content (AvgIpc) is 2.18. The van der Waals surface area contributed by atoms with Crippen molar-refractivity contribution in [3.8, 4) is 0 Å². The summed E-state index contributed by atoms with van der Waals surface area (Å²) in [5.74, 6) is -0.677. The lowest BCUT2D eigenvalue weighted by Crippen LogP contribution is -2.57. The molecule has 1 rings (SSSR count). The summed E-state index contributed by atoms with van der Waals surface area (Å²) in [4.78, 5) is 15.5. The highest BCUT2D eigenvalue weighted by Crippen LogP contribution is 2.27. The van der Waals surface area contributed by atoms with Crippen LogP contribution in [0.1, 0.15) is 26.2 Å². The molecule has 1 aliphatic rings. The Kier molecular flexibility index (Phi) is 4.11. The molecule has 0 aromatic rings. The highest BCUT2D eigenvalue weighted by molar-refractivity contribution is 5.78. The third-order valence-electron chi connectivity index (χ3n) is 3.48. The highest BCUT2D eigenvalue weighted by Gasteiger charge is 2.43. The van der Waals surface area contributed by atoms with E-state index in [-0.39, 0.29) is 0 Å². The molecular formula is C11H22N2O2. The zero-order chi connectivity index (χ0) is 11.5. The molecule has 1 saturated heterocycles. The quantitative estimate of drug-likeness (QED) is 0.754. The number of carboxylic acids is 1. The van der Waals surface area contributed by atoms with Crippen LogP contribution >= 0.6 is 0 Å². The van der Waals surface area contributed by atoms with Crippen LogP contribution in [0.2, 0.25) is 0 Å². The van der Waals surface area contributed by atoms with Crippen LogP contribution in [-0.4, -0.2) is 60.1 Å². The second-order valence-electron chi connectivity index (χ2n) is 4.57. The van der Waals surface area contributed by atoms with Gasteiger partial charge in [-0.1, -0.05) is 6.92 Å². The summed E-state index contributed by atoms with van der Waals surface area (Å²) in [5.41, 5.74) is -0.635. The van der Waals surface area contributed by atoms with Crippen LogP contribution in [0.15, 0.2) is 0 Å². The molecule has 1 heterocycles. The first-order valence-corrected chi connectivity index (χ1v) is 5.66. The van der Waals surface area contributed by atoms with Crippen molar-refractivity contribution in [3.63, 3.8) is 0 Å². The Morgan fingerprint density at radius 2 is 1.93 bits per heavy atom. The number of rotatable bonds is 4. The second kappa shape index (κ2) is 4.94. The molecule has 0 aromatic heterocycles. The number of piperidine rings is 1. The van der Waals surface area contributed by atoms with Crippen LogP contribution in [-0.2, 0) is 4.79 Å². The summed E-state index contributed by atoms with van der Waals surface area (Å²) in [7, 11) is 3.73. The number of hydrogen-bond acceptors (Lipinski definition) is 3. The van der Waals surface area contributed by atoms with Crippen molar-refractivity contribution in [2.45, 2.75) is 31.7 Å². The number of nitrogens with zero attached hydrogens (tertiary/aromatic N) is 2. The summed E-state index contributed by atoms with van der Waals surface area (Å²) in [6.45, 7) is 5.05. The van der Waals surface area contributed by atoms with Crippen molar-refractivity contribution in [1.82, 2.24) is 9.80 Å². The van der Waals surface area contributed by atoms with Crippen molar-refractivity contribution in [1.29, 1.82) is 0 Å². The summed E-state index contributed by atoms with van der Waals surface area (Å²) in [6.07, 6.45) is 2.60. The third-order valence-corrected chi connectivity index (χ3v) is 3.48. The zero-order valence-electron chi connectivity index (χ0n) is 9.99. The highest BCUT2D eigenvalue weighted by atomic mass is 16.4. The third kappa shape index (κ3) is 2.49. The van der Waals surface area contributed by atoms with Gasteiger partial charge >= 0.3 is 5.97 Å². The van der Waals surface area contributed by atoms with E-state index in [2.05, 4.69) is 11.8 Å². The van der Waals surface area contributed by atoms with Gasteiger partial charge in [-0.2, -0.15) is 0 Å². The summed E-state index contributed by atoms with van der Waals surface area (Å²) in [5, 5.41) is 9.32. The van der Waals surface area contributed by atoms with Crippen molar-refractivity contribution in [3.05, 3.63) is 0 Å². The minimum Gasteiger partial charge on any atom is -0.480 e. The Hall–Kier alpha value is -0.610. The summed E-state index contributed by atoms with van der Waals surface area (Å²) < 4.78 is 0. The topological polar surface area (TPSA) is 43.8 Å². The SMILES string of the molecule is CCCN1CCC(C(=O)O)(N(C)C)CC1. The molecule has 0 radical (unpaired) electrons. The van der Waals surface area contributed by atoms with Crippen LogP contribution in [0, 0.1) is 0 Å². The Balaban J connectivity index is 2.62. The normalized spacial score (nSPS) is 21.9. The first-order valence-electron chi connectivity index (χ1n) is 5.66. The van der Waals surface area contributed by atoms with Gasteiger partial charge in [0.05, 0.1) is 0 Å². The van der Waals surface area contributed by atoms with Crippen molar-refractivity contribution < 1.29 is 9.90 Å². The van der Waals surface area contributed by atoms with Crippen LogP contribution in [0.3, 0.4) is 0 Å². The van der Waals surface area contributed by atoms with Gasteiger partial charge in [0.15, 0.2) is 0 Å². The van der Waals surface area contributed by atoms with Gasteiger partial charge in [0, 0.05) is 13.1 Å². The monoisotopic (exact) mass is 214 g/mol. The smallest absolute Gasteiger partial charge is 0.324 e. The Labute approximate surface area is 91.9 Å². The van der Waals surface area contributed by atoms with E-state index in [0.29, 0.717) is 0 Å². The molecule has 1 N–H and O–H groups in total. The molecule has 0 aromatic carbocycles. The number of carbonyl (C=O) groups is 1. The second-order valence-corrected chi connectivity index (χ2v) is 4.57. The number of carboxylic acid groups (broad SMARTS) is 1. The lowest BCUT2D eigenvalue weighted by molar-refractivity contribution is -0.153. The van der Waals surface area contributed by atoms with Gasteiger partial charge in [0.2, 0.25) is 0 Å². The first kappa shape index (κ1) is 12.5. The maximum atomic E-state index is 11.3. The molecule has 0 atom stereocenters. The molecule has 88 valence electrons. The fourth-order valence-electron chi connectivity index (χ4n) is 2.32. The van der Waals surface area contributed by atoms with Crippen LogP contribution < -0.4 is 0 Å². The van der Waals surface area contributed by atoms with E-state index in [1.807, 2.05) is 19.0 Å². The average molecular weight is 214 g/mol. The van der Waals surface area contributed by atoms with Crippen molar-refractivity contribution >= 4 is 5.97 Å². The van der Waals surface area contributed by atoms with E-state index in [1.54, 1.807) is 0 Å². The largest absolute Gasteiger partial charge is 0.480 e. The van der Waals surface area contributed by atoms with Gasteiger partial charge in [-0.25, -0.2) is 0 Å². The molecule has 4 heteroatoms.